The summed E-state index contributed by atoms with van der Waals surface area (Å²) in [5, 5.41) is 0. The van der Waals surface area contributed by atoms with Crippen LogP contribution in [0.5, 0.6) is 0 Å². The lowest BCUT2D eigenvalue weighted by molar-refractivity contribution is -0.133. The maximum absolute atomic E-state index is 11.9. The van der Waals surface area contributed by atoms with Crippen molar-refractivity contribution in [2.24, 2.45) is 11.1 Å². The smallest absolute Gasteiger partial charge is 0.222 e. The number of carbonyl (C=O) groups is 1. The average molecular weight is 226 g/mol. The molecule has 1 fully saturated rings. The highest BCUT2D eigenvalue weighted by atomic mass is 16.2. The summed E-state index contributed by atoms with van der Waals surface area (Å²) in [4.78, 5) is 13.9. The number of carbonyl (C=O) groups excluding carboxylic acids is 1. The zero-order valence-corrected chi connectivity index (χ0v) is 11.2. The van der Waals surface area contributed by atoms with Gasteiger partial charge in [0.1, 0.15) is 0 Å². The highest BCUT2D eigenvalue weighted by Crippen LogP contribution is 2.30. The van der Waals surface area contributed by atoms with E-state index in [0.717, 1.165) is 32.4 Å². The Bertz CT molecular complexity index is 243. The Morgan fingerprint density at radius 1 is 1.31 bits per heavy atom. The molecule has 0 aromatic carbocycles. The quantitative estimate of drug-likeness (QED) is 0.801. The zero-order valence-electron chi connectivity index (χ0n) is 11.2. The summed E-state index contributed by atoms with van der Waals surface area (Å²) in [6, 6.07) is 0. The topological polar surface area (TPSA) is 46.3 Å². The van der Waals surface area contributed by atoms with Crippen LogP contribution in [0.3, 0.4) is 0 Å². The molecule has 0 atom stereocenters. The van der Waals surface area contributed by atoms with Crippen molar-refractivity contribution >= 4 is 5.91 Å². The van der Waals surface area contributed by atoms with Gasteiger partial charge in [0.05, 0.1) is 0 Å². The molecule has 3 nitrogen and oxygen atoms in total. The Morgan fingerprint density at radius 3 is 2.25 bits per heavy atom. The molecule has 0 aromatic heterocycles. The predicted octanol–water partition coefficient (Wildman–Crippen LogP) is 2.15. The predicted molar refractivity (Wildman–Crippen MR) is 67.1 cm³/mol. The molecule has 2 N–H and O–H groups in total. The fourth-order valence-electron chi connectivity index (χ4n) is 1.95. The van der Waals surface area contributed by atoms with E-state index in [9.17, 15) is 4.79 Å². The second-order valence-electron chi connectivity index (χ2n) is 6.53. The molecule has 0 aliphatic carbocycles. The lowest BCUT2D eigenvalue weighted by atomic mass is 9.82. The van der Waals surface area contributed by atoms with Crippen LogP contribution >= 0.6 is 0 Å². The summed E-state index contributed by atoms with van der Waals surface area (Å²) >= 11 is 0. The summed E-state index contributed by atoms with van der Waals surface area (Å²) in [5.74, 6) is 0.272. The van der Waals surface area contributed by atoms with Crippen LogP contribution in [-0.2, 0) is 4.79 Å². The molecule has 0 radical (unpaired) electrons. The Balaban J connectivity index is 2.34. The van der Waals surface area contributed by atoms with Crippen LogP contribution in [0.25, 0.3) is 0 Å². The molecule has 1 saturated heterocycles. The van der Waals surface area contributed by atoms with Crippen LogP contribution in [0, 0.1) is 5.41 Å². The van der Waals surface area contributed by atoms with Crippen LogP contribution in [0.4, 0.5) is 0 Å². The van der Waals surface area contributed by atoms with Gasteiger partial charge < -0.3 is 10.6 Å². The first-order chi connectivity index (χ1) is 7.20. The minimum absolute atomic E-state index is 0.231. The maximum atomic E-state index is 11.9. The Morgan fingerprint density at radius 2 is 1.81 bits per heavy atom. The van der Waals surface area contributed by atoms with Crippen molar-refractivity contribution in [3.8, 4) is 0 Å². The lowest BCUT2D eigenvalue weighted by Crippen LogP contribution is -2.42. The summed E-state index contributed by atoms with van der Waals surface area (Å²) in [6.45, 7) is 10.3. The van der Waals surface area contributed by atoms with Crippen molar-refractivity contribution in [2.45, 2.75) is 58.9 Å². The maximum Gasteiger partial charge on any atom is 0.222 e. The number of hydrogen-bond donors (Lipinski definition) is 1. The third kappa shape index (κ3) is 4.52. The minimum atomic E-state index is -0.231. The van der Waals surface area contributed by atoms with Crippen molar-refractivity contribution < 1.29 is 4.79 Å². The van der Waals surface area contributed by atoms with Gasteiger partial charge in [0.25, 0.3) is 0 Å². The first-order valence-corrected chi connectivity index (χ1v) is 6.26. The molecule has 0 spiro atoms. The van der Waals surface area contributed by atoms with E-state index in [2.05, 4.69) is 13.8 Å². The van der Waals surface area contributed by atoms with Gasteiger partial charge in [-0.3, -0.25) is 4.79 Å². The van der Waals surface area contributed by atoms with Crippen molar-refractivity contribution in [1.29, 1.82) is 0 Å². The van der Waals surface area contributed by atoms with Crippen LogP contribution < -0.4 is 5.73 Å². The molecule has 1 amide bonds. The third-order valence-electron chi connectivity index (χ3n) is 3.45. The average Bonchev–Trinajstić information content (AvgIpc) is 2.13. The van der Waals surface area contributed by atoms with Crippen molar-refractivity contribution in [2.75, 3.05) is 13.1 Å². The highest BCUT2D eigenvalue weighted by Gasteiger charge is 2.28. The van der Waals surface area contributed by atoms with Gasteiger partial charge in [-0.05, 0) is 38.5 Å². The van der Waals surface area contributed by atoms with Gasteiger partial charge in [0.2, 0.25) is 5.91 Å². The standard InChI is InChI=1S/C13H26N2O/c1-12(2)7-9-15(10-8-12)11(16)5-6-13(3,4)14/h5-10,14H2,1-4H3. The molecule has 1 aliphatic rings. The first-order valence-electron chi connectivity index (χ1n) is 6.26. The lowest BCUT2D eigenvalue weighted by Gasteiger charge is -2.37. The number of rotatable bonds is 3. The molecule has 3 heteroatoms. The van der Waals surface area contributed by atoms with E-state index in [0.29, 0.717) is 11.8 Å². The summed E-state index contributed by atoms with van der Waals surface area (Å²) in [5.41, 5.74) is 6.06. The summed E-state index contributed by atoms with van der Waals surface area (Å²) in [6.07, 6.45) is 3.59. The third-order valence-corrected chi connectivity index (χ3v) is 3.45. The molecule has 1 rings (SSSR count). The number of hydrogen-bond acceptors (Lipinski definition) is 2. The Kier molecular flexibility index (Phi) is 4.00. The second-order valence-corrected chi connectivity index (χ2v) is 6.53. The van der Waals surface area contributed by atoms with Crippen molar-refractivity contribution in [3.05, 3.63) is 0 Å². The normalized spacial score (nSPS) is 20.9. The van der Waals surface area contributed by atoms with E-state index in [-0.39, 0.29) is 11.4 Å². The van der Waals surface area contributed by atoms with E-state index >= 15 is 0 Å². The van der Waals surface area contributed by atoms with E-state index < -0.39 is 0 Å². The molecule has 1 heterocycles. The fraction of sp³-hybridized carbons (Fsp3) is 0.923. The molecule has 0 aromatic rings. The molecular formula is C13H26N2O. The van der Waals surface area contributed by atoms with Gasteiger partial charge in [-0.25, -0.2) is 0 Å². The van der Waals surface area contributed by atoms with Gasteiger partial charge in [0, 0.05) is 25.0 Å². The molecule has 1 aliphatic heterocycles. The SMILES string of the molecule is CC(C)(N)CCC(=O)N1CCC(C)(C)CC1. The monoisotopic (exact) mass is 226 g/mol. The van der Waals surface area contributed by atoms with Gasteiger partial charge in [0.15, 0.2) is 0 Å². The molecule has 16 heavy (non-hydrogen) atoms. The summed E-state index contributed by atoms with van der Waals surface area (Å²) in [7, 11) is 0. The number of amides is 1. The number of piperidine rings is 1. The van der Waals surface area contributed by atoms with E-state index in [1.807, 2.05) is 18.7 Å². The molecule has 94 valence electrons. The number of nitrogens with two attached hydrogens (primary N) is 1. The van der Waals surface area contributed by atoms with Crippen molar-refractivity contribution in [3.63, 3.8) is 0 Å². The van der Waals surface area contributed by atoms with Gasteiger partial charge in [-0.1, -0.05) is 13.8 Å². The molecule has 0 unspecified atom stereocenters. The zero-order chi connectivity index (χ0) is 12.4. The van der Waals surface area contributed by atoms with Crippen molar-refractivity contribution in [1.82, 2.24) is 4.90 Å². The van der Waals surface area contributed by atoms with E-state index in [1.54, 1.807) is 0 Å². The largest absolute Gasteiger partial charge is 0.343 e. The molecule has 0 saturated carbocycles. The number of nitrogens with zero attached hydrogens (tertiary/aromatic N) is 1. The Labute approximate surface area is 99.4 Å². The van der Waals surface area contributed by atoms with Crippen LogP contribution in [0.15, 0.2) is 0 Å². The Hall–Kier alpha value is -0.570. The summed E-state index contributed by atoms with van der Waals surface area (Å²) < 4.78 is 0. The minimum Gasteiger partial charge on any atom is -0.343 e. The van der Waals surface area contributed by atoms with E-state index in [4.69, 9.17) is 5.73 Å². The van der Waals surface area contributed by atoms with Gasteiger partial charge >= 0.3 is 0 Å². The van der Waals surface area contributed by atoms with Gasteiger partial charge in [-0.2, -0.15) is 0 Å². The molecule has 0 bridgehead atoms. The van der Waals surface area contributed by atoms with E-state index in [1.165, 1.54) is 0 Å². The number of likely N-dealkylation sites (tertiary alicyclic amines) is 1. The fourth-order valence-corrected chi connectivity index (χ4v) is 1.95. The van der Waals surface area contributed by atoms with Gasteiger partial charge in [-0.15, -0.1) is 0 Å². The first kappa shape index (κ1) is 13.5. The van der Waals surface area contributed by atoms with Crippen LogP contribution in [-0.4, -0.2) is 29.4 Å². The molecular weight excluding hydrogens is 200 g/mol. The second kappa shape index (κ2) is 4.74. The van der Waals surface area contributed by atoms with Crippen LogP contribution in [0.1, 0.15) is 53.4 Å². The highest BCUT2D eigenvalue weighted by molar-refractivity contribution is 5.76. The van der Waals surface area contributed by atoms with Crippen LogP contribution in [0.2, 0.25) is 0 Å².